The van der Waals surface area contributed by atoms with Gasteiger partial charge in [0.05, 0.1) is 12.0 Å². The average molecular weight is 302 g/mol. The van der Waals surface area contributed by atoms with Gasteiger partial charge < -0.3 is 15.0 Å². The lowest BCUT2D eigenvalue weighted by atomic mass is 10.2. The Hall–Kier alpha value is -2.83. The molecule has 0 fully saturated rings. The summed E-state index contributed by atoms with van der Waals surface area (Å²) < 4.78 is 1.92. The number of carbonyl (C=O) groups is 2. The van der Waals surface area contributed by atoms with Crippen LogP contribution in [0.3, 0.4) is 0 Å². The second kappa shape index (κ2) is 6.75. The molecule has 0 aliphatic heterocycles. The maximum absolute atomic E-state index is 11.4. The van der Waals surface area contributed by atoms with Crippen molar-refractivity contribution in [1.29, 1.82) is 0 Å². The number of benzene rings is 1. The van der Waals surface area contributed by atoms with Crippen LogP contribution in [0.5, 0.6) is 0 Å². The number of imidazole rings is 1. The lowest BCUT2D eigenvalue weighted by molar-refractivity contribution is -0.120. The zero-order chi connectivity index (χ0) is 16.1. The summed E-state index contributed by atoms with van der Waals surface area (Å²) in [7, 11) is 0. The van der Waals surface area contributed by atoms with E-state index < -0.39 is 12.0 Å². The highest BCUT2D eigenvalue weighted by Crippen LogP contribution is 2.15. The van der Waals surface area contributed by atoms with Crippen molar-refractivity contribution in [3.8, 4) is 5.69 Å². The highest BCUT2D eigenvalue weighted by molar-refractivity contribution is 5.91. The van der Waals surface area contributed by atoms with Crippen LogP contribution in [0.15, 0.2) is 36.8 Å². The van der Waals surface area contributed by atoms with E-state index in [4.69, 9.17) is 5.11 Å². The predicted octanol–water partition coefficient (Wildman–Crippen LogP) is 2.17. The lowest BCUT2D eigenvalue weighted by Gasteiger charge is -2.14. The topological polar surface area (TPSA) is 96.2 Å². The molecule has 0 bridgehead atoms. The van der Waals surface area contributed by atoms with E-state index in [1.165, 1.54) is 0 Å². The normalized spacial score (nSPS) is 11.7. The van der Waals surface area contributed by atoms with Gasteiger partial charge in [0, 0.05) is 30.0 Å². The maximum Gasteiger partial charge on any atom is 0.411 e. The number of hydrogen-bond acceptors (Lipinski definition) is 4. The first-order valence-electron chi connectivity index (χ1n) is 6.84. The van der Waals surface area contributed by atoms with Gasteiger partial charge in [0.25, 0.3) is 0 Å². The summed E-state index contributed by atoms with van der Waals surface area (Å²) in [6.45, 7) is 3.74. The van der Waals surface area contributed by atoms with Crippen LogP contribution in [-0.4, -0.2) is 32.7 Å². The number of aromatic nitrogens is 2. The van der Waals surface area contributed by atoms with Crippen molar-refractivity contribution in [2.24, 2.45) is 0 Å². The lowest BCUT2D eigenvalue weighted by Crippen LogP contribution is -2.32. The smallest absolute Gasteiger partial charge is 0.411 e. The summed E-state index contributed by atoms with van der Waals surface area (Å²) in [5, 5.41) is 13.4. The van der Waals surface area contributed by atoms with Gasteiger partial charge in [-0.3, -0.25) is 10.1 Å². The highest BCUT2D eigenvalue weighted by atomic mass is 16.4. The molecule has 3 N–H and O–H groups in total. The van der Waals surface area contributed by atoms with Gasteiger partial charge in [-0.1, -0.05) is 0 Å². The minimum Gasteiger partial charge on any atom is -0.465 e. The summed E-state index contributed by atoms with van der Waals surface area (Å²) in [4.78, 5) is 25.9. The highest BCUT2D eigenvalue weighted by Gasteiger charge is 2.11. The van der Waals surface area contributed by atoms with Gasteiger partial charge in [-0.05, 0) is 38.1 Å². The molecule has 2 rings (SSSR count). The van der Waals surface area contributed by atoms with Gasteiger partial charge in [-0.2, -0.15) is 0 Å². The fraction of sp³-hybridized carbons (Fsp3) is 0.267. The van der Waals surface area contributed by atoms with Crippen LogP contribution in [0, 0.1) is 6.92 Å². The Morgan fingerprint density at radius 1 is 1.32 bits per heavy atom. The number of carboxylic acid groups (broad SMARTS) is 1. The number of nitrogens with one attached hydrogen (secondary N) is 2. The Kier molecular flexibility index (Phi) is 4.77. The Balaban J connectivity index is 1.93. The van der Waals surface area contributed by atoms with E-state index in [2.05, 4.69) is 10.3 Å². The van der Waals surface area contributed by atoms with Crippen LogP contribution < -0.4 is 10.6 Å². The molecule has 1 aromatic heterocycles. The van der Waals surface area contributed by atoms with Gasteiger partial charge in [0.15, 0.2) is 0 Å². The number of amides is 2. The third-order valence-corrected chi connectivity index (χ3v) is 3.03. The number of aryl methyl sites for hydroxylation is 1. The largest absolute Gasteiger partial charge is 0.465 e. The van der Waals surface area contributed by atoms with E-state index in [0.717, 1.165) is 17.1 Å². The van der Waals surface area contributed by atoms with Gasteiger partial charge >= 0.3 is 6.09 Å². The fourth-order valence-corrected chi connectivity index (χ4v) is 2.08. The number of rotatable bonds is 5. The van der Waals surface area contributed by atoms with Crippen molar-refractivity contribution < 1.29 is 14.7 Å². The Morgan fingerprint density at radius 2 is 2.00 bits per heavy atom. The Morgan fingerprint density at radius 3 is 2.55 bits per heavy atom. The summed E-state index contributed by atoms with van der Waals surface area (Å²) in [6.07, 6.45) is 2.42. The van der Waals surface area contributed by atoms with Crippen LogP contribution in [0.4, 0.5) is 10.5 Å². The molecule has 0 aliphatic rings. The molecule has 1 heterocycles. The first-order chi connectivity index (χ1) is 10.4. The second-order valence-corrected chi connectivity index (χ2v) is 5.07. The van der Waals surface area contributed by atoms with Crippen molar-refractivity contribution in [3.05, 3.63) is 42.5 Å². The minimum absolute atomic E-state index is 0.0781. The third-order valence-electron chi connectivity index (χ3n) is 3.03. The number of anilines is 1. The molecule has 0 saturated heterocycles. The van der Waals surface area contributed by atoms with Crippen LogP contribution in [0.2, 0.25) is 0 Å². The monoisotopic (exact) mass is 302 g/mol. The third kappa shape index (κ3) is 4.34. The van der Waals surface area contributed by atoms with Crippen LogP contribution in [-0.2, 0) is 4.79 Å². The standard InChI is InChI=1S/C15H18N4O3/c1-10(7-14(20)18-15(21)22)17-12-3-5-13(6-4-12)19-8-11(2)16-9-19/h3-6,8-10,17H,7H2,1-2H3,(H,18,20)(H,21,22). The molecule has 1 unspecified atom stereocenters. The number of imide groups is 1. The number of nitrogens with zero attached hydrogens (tertiary/aromatic N) is 2. The molecule has 2 amide bonds. The molecule has 0 aliphatic carbocycles. The molecular weight excluding hydrogens is 284 g/mol. The average Bonchev–Trinajstić information content (AvgIpc) is 2.85. The van der Waals surface area contributed by atoms with Crippen molar-refractivity contribution >= 4 is 17.7 Å². The van der Waals surface area contributed by atoms with Gasteiger partial charge in [0.2, 0.25) is 5.91 Å². The molecule has 2 aromatic rings. The summed E-state index contributed by atoms with van der Waals surface area (Å²) in [6, 6.07) is 7.49. The quantitative estimate of drug-likeness (QED) is 0.786. The molecule has 7 nitrogen and oxygen atoms in total. The Labute approximate surface area is 128 Å². The van der Waals surface area contributed by atoms with E-state index in [1.807, 2.05) is 54.2 Å². The van der Waals surface area contributed by atoms with E-state index in [9.17, 15) is 9.59 Å². The van der Waals surface area contributed by atoms with Gasteiger partial charge in [0.1, 0.15) is 0 Å². The first-order valence-corrected chi connectivity index (χ1v) is 6.84. The fourth-order valence-electron chi connectivity index (χ4n) is 2.08. The summed E-state index contributed by atoms with van der Waals surface area (Å²) >= 11 is 0. The van der Waals surface area contributed by atoms with Crippen LogP contribution >= 0.6 is 0 Å². The minimum atomic E-state index is -1.34. The van der Waals surface area contributed by atoms with Crippen molar-refractivity contribution in [3.63, 3.8) is 0 Å². The zero-order valence-electron chi connectivity index (χ0n) is 12.4. The molecular formula is C15H18N4O3. The van der Waals surface area contributed by atoms with Gasteiger partial charge in [-0.15, -0.1) is 0 Å². The molecule has 0 saturated carbocycles. The number of carbonyl (C=O) groups excluding carboxylic acids is 1. The van der Waals surface area contributed by atoms with Crippen molar-refractivity contribution in [2.45, 2.75) is 26.3 Å². The predicted molar refractivity (Wildman–Crippen MR) is 82.2 cm³/mol. The molecule has 116 valence electrons. The molecule has 0 radical (unpaired) electrons. The van der Waals surface area contributed by atoms with Crippen molar-refractivity contribution in [1.82, 2.24) is 14.9 Å². The van der Waals surface area contributed by atoms with Crippen LogP contribution in [0.1, 0.15) is 19.0 Å². The molecule has 22 heavy (non-hydrogen) atoms. The molecule has 7 heteroatoms. The zero-order valence-corrected chi connectivity index (χ0v) is 12.4. The molecule has 0 spiro atoms. The van der Waals surface area contributed by atoms with E-state index in [1.54, 1.807) is 6.33 Å². The van der Waals surface area contributed by atoms with Crippen molar-refractivity contribution in [2.75, 3.05) is 5.32 Å². The Bertz CT molecular complexity index is 664. The molecule has 1 atom stereocenters. The second-order valence-electron chi connectivity index (χ2n) is 5.07. The van der Waals surface area contributed by atoms with E-state index >= 15 is 0 Å². The summed E-state index contributed by atoms with van der Waals surface area (Å²) in [5.41, 5.74) is 2.79. The maximum atomic E-state index is 11.4. The van der Waals surface area contributed by atoms with Gasteiger partial charge in [-0.25, -0.2) is 9.78 Å². The van der Waals surface area contributed by atoms with E-state index in [-0.39, 0.29) is 12.5 Å². The SMILES string of the molecule is Cc1cn(-c2ccc(NC(C)CC(=O)NC(=O)O)cc2)cn1. The van der Waals surface area contributed by atoms with E-state index in [0.29, 0.717) is 0 Å². The first kappa shape index (κ1) is 15.6. The molecule has 1 aromatic carbocycles. The summed E-state index contributed by atoms with van der Waals surface area (Å²) in [5.74, 6) is -0.530. The van der Waals surface area contributed by atoms with Crippen LogP contribution in [0.25, 0.3) is 5.69 Å². The number of hydrogen-bond donors (Lipinski definition) is 3.